The van der Waals surface area contributed by atoms with Crippen LogP contribution in [0.25, 0.3) is 17.0 Å². The second kappa shape index (κ2) is 8.74. The van der Waals surface area contributed by atoms with E-state index in [1.54, 1.807) is 25.1 Å². The molecule has 0 fully saturated rings. The van der Waals surface area contributed by atoms with E-state index in [-0.39, 0.29) is 23.4 Å². The highest BCUT2D eigenvalue weighted by molar-refractivity contribution is 6.32. The van der Waals surface area contributed by atoms with Crippen molar-refractivity contribution in [2.75, 3.05) is 12.1 Å². The summed E-state index contributed by atoms with van der Waals surface area (Å²) in [5, 5.41) is 15.7. The van der Waals surface area contributed by atoms with Crippen LogP contribution in [-0.2, 0) is 20.9 Å². The predicted octanol–water partition coefficient (Wildman–Crippen LogP) is 3.95. The normalized spacial score (nSPS) is 15.7. The van der Waals surface area contributed by atoms with Gasteiger partial charge in [-0.3, -0.25) is 9.59 Å². The van der Waals surface area contributed by atoms with E-state index in [2.05, 4.69) is 5.10 Å². The van der Waals surface area contributed by atoms with Gasteiger partial charge in [0.2, 0.25) is 0 Å². The van der Waals surface area contributed by atoms with Crippen molar-refractivity contribution in [1.29, 1.82) is 0 Å². The van der Waals surface area contributed by atoms with E-state index in [9.17, 15) is 14.4 Å². The number of hydrogen-bond acceptors (Lipinski definition) is 5. The van der Waals surface area contributed by atoms with Gasteiger partial charge in [-0.15, -0.1) is 0 Å². The highest BCUT2D eigenvalue weighted by Crippen LogP contribution is 2.29. The largest absolute Gasteiger partial charge is 0.478 e. The SMILES string of the molecule is COC(=O)C(C)Cn1cc(C=C2C(=O)N(c3ccc(C(=O)O)cc3)N=C2C)c2ccccc21. The summed E-state index contributed by atoms with van der Waals surface area (Å²) in [6.07, 6.45) is 3.72. The van der Waals surface area contributed by atoms with Crippen LogP contribution in [0.2, 0.25) is 0 Å². The van der Waals surface area contributed by atoms with Gasteiger partial charge in [0.05, 0.1) is 35.6 Å². The summed E-state index contributed by atoms with van der Waals surface area (Å²) in [6.45, 7) is 4.01. The van der Waals surface area contributed by atoms with Crippen LogP contribution in [0.4, 0.5) is 5.69 Å². The Balaban J connectivity index is 1.68. The molecule has 0 bridgehead atoms. The lowest BCUT2D eigenvalue weighted by Gasteiger charge is -2.11. The Hall–Kier alpha value is -4.20. The van der Waals surface area contributed by atoms with Crippen molar-refractivity contribution in [3.05, 3.63) is 71.4 Å². The predicted molar refractivity (Wildman–Crippen MR) is 125 cm³/mol. The van der Waals surface area contributed by atoms with Gasteiger partial charge in [-0.1, -0.05) is 25.1 Å². The number of carboxylic acids is 1. The molecular formula is C25H23N3O5. The number of nitrogens with zero attached hydrogens (tertiary/aromatic N) is 3. The van der Waals surface area contributed by atoms with Gasteiger partial charge in [0.15, 0.2) is 0 Å². The second-order valence-electron chi connectivity index (χ2n) is 7.89. The number of rotatable bonds is 6. The Kier molecular flexibility index (Phi) is 5.83. The van der Waals surface area contributed by atoms with Crippen molar-refractivity contribution in [3.63, 3.8) is 0 Å². The monoisotopic (exact) mass is 445 g/mol. The maximum atomic E-state index is 13.1. The quantitative estimate of drug-likeness (QED) is 0.457. The molecule has 8 nitrogen and oxygen atoms in total. The lowest BCUT2D eigenvalue weighted by atomic mass is 10.1. The Bertz CT molecular complexity index is 1320. The van der Waals surface area contributed by atoms with Gasteiger partial charge >= 0.3 is 11.9 Å². The number of hydrogen-bond donors (Lipinski definition) is 1. The van der Waals surface area contributed by atoms with Crippen molar-refractivity contribution in [3.8, 4) is 0 Å². The molecule has 0 saturated heterocycles. The molecule has 33 heavy (non-hydrogen) atoms. The van der Waals surface area contributed by atoms with Gasteiger partial charge in [-0.05, 0) is 43.3 Å². The summed E-state index contributed by atoms with van der Waals surface area (Å²) in [5.41, 5.74) is 3.41. The van der Waals surface area contributed by atoms with E-state index in [1.165, 1.54) is 24.3 Å². The zero-order chi connectivity index (χ0) is 23.7. The molecule has 0 radical (unpaired) electrons. The lowest BCUT2D eigenvalue weighted by molar-refractivity contribution is -0.145. The van der Waals surface area contributed by atoms with Gasteiger partial charge in [0.25, 0.3) is 5.91 Å². The fraction of sp³-hybridized carbons (Fsp3) is 0.200. The summed E-state index contributed by atoms with van der Waals surface area (Å²) in [7, 11) is 1.37. The maximum absolute atomic E-state index is 13.1. The molecule has 3 aromatic rings. The first-order chi connectivity index (χ1) is 15.8. The molecule has 2 heterocycles. The molecule has 1 amide bonds. The molecule has 1 unspecified atom stereocenters. The molecule has 1 N–H and O–H groups in total. The Morgan fingerprint density at radius 2 is 1.85 bits per heavy atom. The number of carboxylic acid groups (broad SMARTS) is 1. The van der Waals surface area contributed by atoms with Crippen molar-refractivity contribution in [2.24, 2.45) is 11.0 Å². The molecule has 0 saturated carbocycles. The first kappa shape index (κ1) is 22.0. The van der Waals surface area contributed by atoms with Crippen LogP contribution in [0, 0.1) is 5.92 Å². The molecule has 8 heteroatoms. The van der Waals surface area contributed by atoms with Crippen molar-refractivity contribution >= 4 is 46.2 Å². The number of amides is 1. The highest BCUT2D eigenvalue weighted by atomic mass is 16.5. The Morgan fingerprint density at radius 3 is 2.52 bits per heavy atom. The summed E-state index contributed by atoms with van der Waals surface area (Å²) < 4.78 is 6.83. The lowest BCUT2D eigenvalue weighted by Crippen LogP contribution is -2.21. The average Bonchev–Trinajstić information content (AvgIpc) is 3.30. The van der Waals surface area contributed by atoms with Crippen LogP contribution in [-0.4, -0.2) is 40.3 Å². The van der Waals surface area contributed by atoms with Gasteiger partial charge < -0.3 is 14.4 Å². The van der Waals surface area contributed by atoms with Crippen LogP contribution >= 0.6 is 0 Å². The molecule has 0 spiro atoms. The molecule has 1 aliphatic heterocycles. The number of anilines is 1. The molecule has 0 aliphatic carbocycles. The van der Waals surface area contributed by atoms with Crippen LogP contribution in [0.5, 0.6) is 0 Å². The number of fused-ring (bicyclic) bond motifs is 1. The van der Waals surface area contributed by atoms with Gasteiger partial charge in [0, 0.05) is 29.2 Å². The first-order valence-electron chi connectivity index (χ1n) is 10.4. The van der Waals surface area contributed by atoms with Crippen molar-refractivity contribution in [1.82, 2.24) is 4.57 Å². The van der Waals surface area contributed by atoms with Crippen LogP contribution < -0.4 is 5.01 Å². The third-order valence-electron chi connectivity index (χ3n) is 5.61. The zero-order valence-electron chi connectivity index (χ0n) is 18.5. The Labute approximate surface area is 190 Å². The smallest absolute Gasteiger partial charge is 0.335 e. The first-order valence-corrected chi connectivity index (χ1v) is 10.4. The highest BCUT2D eigenvalue weighted by Gasteiger charge is 2.29. The number of esters is 1. The Morgan fingerprint density at radius 1 is 1.15 bits per heavy atom. The summed E-state index contributed by atoms with van der Waals surface area (Å²) >= 11 is 0. The number of carbonyl (C=O) groups excluding carboxylic acids is 2. The summed E-state index contributed by atoms with van der Waals surface area (Å²) in [4.78, 5) is 36.1. The van der Waals surface area contributed by atoms with E-state index < -0.39 is 5.97 Å². The van der Waals surface area contributed by atoms with Crippen LogP contribution in [0.3, 0.4) is 0 Å². The number of para-hydroxylation sites is 1. The summed E-state index contributed by atoms with van der Waals surface area (Å²) in [6, 6.07) is 13.8. The number of aromatic nitrogens is 1. The van der Waals surface area contributed by atoms with Crippen molar-refractivity contribution < 1.29 is 24.2 Å². The fourth-order valence-corrected chi connectivity index (χ4v) is 3.87. The molecule has 1 aromatic heterocycles. The number of hydrazone groups is 1. The minimum Gasteiger partial charge on any atom is -0.478 e. The summed E-state index contributed by atoms with van der Waals surface area (Å²) in [5.74, 6) is -1.94. The number of carbonyl (C=O) groups is 3. The van der Waals surface area contributed by atoms with Gasteiger partial charge in [-0.25, -0.2) is 4.79 Å². The minimum atomic E-state index is -1.03. The second-order valence-corrected chi connectivity index (χ2v) is 7.89. The number of aromatic carboxylic acids is 1. The van der Waals surface area contributed by atoms with Crippen LogP contribution in [0.15, 0.2) is 65.4 Å². The van der Waals surface area contributed by atoms with E-state index in [0.29, 0.717) is 23.5 Å². The van der Waals surface area contributed by atoms with Crippen LogP contribution in [0.1, 0.15) is 29.8 Å². The third-order valence-corrected chi connectivity index (χ3v) is 5.61. The average molecular weight is 445 g/mol. The topological polar surface area (TPSA) is 101 Å². The van der Waals surface area contributed by atoms with Gasteiger partial charge in [0.1, 0.15) is 0 Å². The van der Waals surface area contributed by atoms with Gasteiger partial charge in [-0.2, -0.15) is 10.1 Å². The van der Waals surface area contributed by atoms with E-state index in [1.807, 2.05) is 42.0 Å². The van der Waals surface area contributed by atoms with E-state index in [0.717, 1.165) is 16.5 Å². The number of methoxy groups -OCH3 is 1. The number of ether oxygens (including phenoxy) is 1. The minimum absolute atomic E-state index is 0.135. The molecule has 1 atom stereocenters. The van der Waals surface area contributed by atoms with Crippen molar-refractivity contribution in [2.45, 2.75) is 20.4 Å². The van der Waals surface area contributed by atoms with E-state index >= 15 is 0 Å². The van der Waals surface area contributed by atoms with E-state index in [4.69, 9.17) is 9.84 Å². The third kappa shape index (κ3) is 4.15. The number of benzene rings is 2. The molecule has 2 aromatic carbocycles. The molecule has 1 aliphatic rings. The molecule has 4 rings (SSSR count). The molecule has 168 valence electrons. The molecular weight excluding hydrogens is 422 g/mol. The zero-order valence-corrected chi connectivity index (χ0v) is 18.5. The maximum Gasteiger partial charge on any atom is 0.335 e. The standard InChI is InChI=1S/C25H23N3O5/c1-15(25(32)33-3)13-27-14-18(20-6-4-5-7-22(20)27)12-21-16(2)26-28(23(21)29)19-10-8-17(9-11-19)24(30)31/h4-12,14-15H,13H2,1-3H3,(H,30,31). The fourth-order valence-electron chi connectivity index (χ4n) is 3.87.